The van der Waals surface area contributed by atoms with E-state index in [0.29, 0.717) is 5.39 Å². The van der Waals surface area contributed by atoms with Gasteiger partial charge in [0.15, 0.2) is 0 Å². The second kappa shape index (κ2) is 7.98. The summed E-state index contributed by atoms with van der Waals surface area (Å²) < 4.78 is 52.6. The van der Waals surface area contributed by atoms with Gasteiger partial charge in [-0.1, -0.05) is 69.7 Å². The van der Waals surface area contributed by atoms with Crippen molar-refractivity contribution in [1.29, 1.82) is 0 Å². The molecule has 0 aliphatic heterocycles. The Hall–Kier alpha value is -1.58. The van der Waals surface area contributed by atoms with Gasteiger partial charge in [0.2, 0.25) is 0 Å². The highest BCUT2D eigenvalue weighted by molar-refractivity contribution is 5.84. The molecule has 0 atom stereocenters. The normalized spacial score (nSPS) is 21.3. The van der Waals surface area contributed by atoms with Crippen molar-refractivity contribution >= 4 is 10.8 Å². The highest BCUT2D eigenvalue weighted by Gasteiger charge is 2.34. The van der Waals surface area contributed by atoms with Gasteiger partial charge >= 0.3 is 6.18 Å². The molecule has 0 radical (unpaired) electrons. The van der Waals surface area contributed by atoms with Crippen molar-refractivity contribution in [3.63, 3.8) is 0 Å². The minimum atomic E-state index is -4.66. The predicted molar refractivity (Wildman–Crippen MR) is 97.6 cm³/mol. The van der Waals surface area contributed by atoms with Crippen LogP contribution in [-0.4, -0.2) is 0 Å². The third-order valence-corrected chi connectivity index (χ3v) is 5.83. The van der Waals surface area contributed by atoms with Crippen molar-refractivity contribution in [2.45, 2.75) is 64.5 Å². The van der Waals surface area contributed by atoms with Crippen LogP contribution in [0.4, 0.5) is 17.6 Å². The maximum Gasteiger partial charge on any atom is 0.419 e. The van der Waals surface area contributed by atoms with Crippen LogP contribution in [0, 0.1) is 17.7 Å². The summed E-state index contributed by atoms with van der Waals surface area (Å²) in [5.41, 5.74) is -0.117. The molecule has 0 spiro atoms. The fourth-order valence-electron chi connectivity index (χ4n) is 4.30. The number of hydrogen-bond donors (Lipinski definition) is 0. The summed E-state index contributed by atoms with van der Waals surface area (Å²) in [4.78, 5) is 0. The first-order valence-electron chi connectivity index (χ1n) is 9.66. The maximum absolute atomic E-state index is 14.2. The first kappa shape index (κ1) is 19.2. The lowest BCUT2D eigenvalue weighted by atomic mass is 9.78. The average molecular weight is 366 g/mol. The Morgan fingerprint density at radius 2 is 1.58 bits per heavy atom. The molecule has 0 saturated heterocycles. The summed E-state index contributed by atoms with van der Waals surface area (Å²) in [5, 5.41) is 0.586. The van der Waals surface area contributed by atoms with Gasteiger partial charge in [-0.25, -0.2) is 4.39 Å². The average Bonchev–Trinajstić information content (AvgIpc) is 2.60. The number of halogens is 4. The van der Waals surface area contributed by atoms with E-state index in [9.17, 15) is 17.6 Å². The summed E-state index contributed by atoms with van der Waals surface area (Å²) in [7, 11) is 0. The molecule has 0 amide bonds. The number of rotatable bonds is 5. The molecule has 0 nitrogen and oxygen atoms in total. The van der Waals surface area contributed by atoms with Gasteiger partial charge in [0.25, 0.3) is 0 Å². The van der Waals surface area contributed by atoms with E-state index >= 15 is 0 Å². The summed E-state index contributed by atoms with van der Waals surface area (Å²) >= 11 is 0. The smallest absolute Gasteiger partial charge is 0.206 e. The summed E-state index contributed by atoms with van der Waals surface area (Å²) in [6, 6.07) is 7.32. The molecule has 0 aromatic heterocycles. The van der Waals surface area contributed by atoms with Crippen LogP contribution >= 0.6 is 0 Å². The lowest BCUT2D eigenvalue weighted by Crippen LogP contribution is -2.15. The van der Waals surface area contributed by atoms with E-state index in [1.54, 1.807) is 6.07 Å². The largest absolute Gasteiger partial charge is 0.419 e. The van der Waals surface area contributed by atoms with Crippen molar-refractivity contribution in [2.75, 3.05) is 0 Å². The number of fused-ring (bicyclic) bond motifs is 1. The fourth-order valence-corrected chi connectivity index (χ4v) is 4.30. The maximum atomic E-state index is 14.2. The lowest BCUT2D eigenvalue weighted by molar-refractivity contribution is -0.139. The molecular weight excluding hydrogens is 340 g/mol. The number of hydrogen-bond acceptors (Lipinski definition) is 0. The monoisotopic (exact) mass is 366 g/mol. The topological polar surface area (TPSA) is 0 Å². The quantitative estimate of drug-likeness (QED) is 0.480. The minimum Gasteiger partial charge on any atom is -0.206 e. The van der Waals surface area contributed by atoms with Gasteiger partial charge in [0.05, 0.1) is 5.56 Å². The highest BCUT2D eigenvalue weighted by Crippen LogP contribution is 2.36. The van der Waals surface area contributed by atoms with Gasteiger partial charge < -0.3 is 0 Å². The second-order valence-electron chi connectivity index (χ2n) is 7.69. The Labute approximate surface area is 152 Å². The van der Waals surface area contributed by atoms with E-state index in [0.717, 1.165) is 36.3 Å². The van der Waals surface area contributed by atoms with Crippen LogP contribution in [0.25, 0.3) is 10.8 Å². The number of benzene rings is 2. The van der Waals surface area contributed by atoms with Crippen molar-refractivity contribution in [1.82, 2.24) is 0 Å². The second-order valence-corrected chi connectivity index (χ2v) is 7.69. The Morgan fingerprint density at radius 3 is 2.19 bits per heavy atom. The molecule has 0 unspecified atom stereocenters. The van der Waals surface area contributed by atoms with E-state index < -0.39 is 17.6 Å². The van der Waals surface area contributed by atoms with Crippen LogP contribution in [0.1, 0.15) is 63.0 Å². The van der Waals surface area contributed by atoms with Gasteiger partial charge in [-0.3, -0.25) is 0 Å². The third kappa shape index (κ3) is 4.39. The molecule has 2 aromatic carbocycles. The van der Waals surface area contributed by atoms with E-state index in [4.69, 9.17) is 0 Å². The van der Waals surface area contributed by atoms with Crippen molar-refractivity contribution in [3.8, 4) is 0 Å². The SMILES string of the molecule is CCCC1CCC(CCc2ccc3c(F)c(C(F)(F)F)ccc3c2)CC1. The highest BCUT2D eigenvalue weighted by atomic mass is 19.4. The first-order chi connectivity index (χ1) is 12.4. The van der Waals surface area contributed by atoms with Crippen molar-refractivity contribution < 1.29 is 17.6 Å². The Bertz CT molecular complexity index is 740. The molecule has 2 aromatic rings. The van der Waals surface area contributed by atoms with E-state index in [1.807, 2.05) is 6.07 Å². The molecule has 26 heavy (non-hydrogen) atoms. The zero-order valence-corrected chi connectivity index (χ0v) is 15.2. The van der Waals surface area contributed by atoms with Gasteiger partial charge in [-0.2, -0.15) is 13.2 Å². The molecule has 1 saturated carbocycles. The van der Waals surface area contributed by atoms with Crippen LogP contribution in [0.15, 0.2) is 30.3 Å². The standard InChI is InChI=1S/C22H26F4/c1-2-3-15-4-6-16(7-5-15)8-9-17-10-12-19-18(14-17)11-13-20(21(19)23)22(24,25)26/h10-16H,2-9H2,1H3. The van der Waals surface area contributed by atoms with Gasteiger partial charge in [-0.15, -0.1) is 0 Å². The molecule has 3 rings (SSSR count). The van der Waals surface area contributed by atoms with E-state index in [2.05, 4.69) is 6.92 Å². The lowest BCUT2D eigenvalue weighted by Gasteiger charge is -2.28. The summed E-state index contributed by atoms with van der Waals surface area (Å²) in [5.74, 6) is 0.460. The molecule has 1 aliphatic carbocycles. The summed E-state index contributed by atoms with van der Waals surface area (Å²) in [6.07, 6.45) is 5.15. The Kier molecular flexibility index (Phi) is 5.89. The number of aryl methyl sites for hydroxylation is 1. The van der Waals surface area contributed by atoms with Crippen LogP contribution < -0.4 is 0 Å². The van der Waals surface area contributed by atoms with Crippen LogP contribution in [-0.2, 0) is 12.6 Å². The van der Waals surface area contributed by atoms with Gasteiger partial charge in [0, 0.05) is 5.39 Å². The van der Waals surface area contributed by atoms with E-state index in [1.165, 1.54) is 50.7 Å². The molecular formula is C22H26F4. The molecule has 142 valence electrons. The van der Waals surface area contributed by atoms with Crippen LogP contribution in [0.2, 0.25) is 0 Å². The van der Waals surface area contributed by atoms with Gasteiger partial charge in [-0.05, 0) is 41.7 Å². The van der Waals surface area contributed by atoms with Crippen molar-refractivity contribution in [3.05, 3.63) is 47.3 Å². The van der Waals surface area contributed by atoms with Crippen LogP contribution in [0.3, 0.4) is 0 Å². The van der Waals surface area contributed by atoms with Gasteiger partial charge in [0.1, 0.15) is 5.82 Å². The molecule has 1 aliphatic rings. The van der Waals surface area contributed by atoms with Crippen molar-refractivity contribution in [2.24, 2.45) is 11.8 Å². The Morgan fingerprint density at radius 1 is 0.923 bits per heavy atom. The summed E-state index contributed by atoms with van der Waals surface area (Å²) in [6.45, 7) is 2.24. The molecule has 4 heteroatoms. The zero-order valence-electron chi connectivity index (χ0n) is 15.2. The first-order valence-corrected chi connectivity index (χ1v) is 9.66. The number of alkyl halides is 3. The molecule has 0 heterocycles. The van der Waals surface area contributed by atoms with E-state index in [-0.39, 0.29) is 5.39 Å². The van der Waals surface area contributed by atoms with Crippen LogP contribution in [0.5, 0.6) is 0 Å². The molecule has 0 N–H and O–H groups in total. The fraction of sp³-hybridized carbons (Fsp3) is 0.545. The zero-order chi connectivity index (χ0) is 18.7. The molecule has 1 fully saturated rings. The predicted octanol–water partition coefficient (Wildman–Crippen LogP) is 7.54. The Balaban J connectivity index is 1.65. The molecule has 0 bridgehead atoms. The minimum absolute atomic E-state index is 0.0450. The third-order valence-electron chi connectivity index (χ3n) is 5.83.